The highest BCUT2D eigenvalue weighted by molar-refractivity contribution is 5.67. The standard InChI is InChI=1S/C16H22N4/c1-5-12-15(17-4)18-10-19-16(12)20-14-9-7-6-8-13(14)11(2)3/h6-11H,5H2,1-4H3,(H2,17,18,19,20). The van der Waals surface area contributed by atoms with Crippen LogP contribution in [-0.4, -0.2) is 17.0 Å². The highest BCUT2D eigenvalue weighted by Crippen LogP contribution is 2.29. The summed E-state index contributed by atoms with van der Waals surface area (Å²) in [5.41, 5.74) is 3.51. The van der Waals surface area contributed by atoms with Crippen LogP contribution in [0.15, 0.2) is 30.6 Å². The Morgan fingerprint density at radius 1 is 1.10 bits per heavy atom. The van der Waals surface area contributed by atoms with Crippen LogP contribution >= 0.6 is 0 Å². The van der Waals surface area contributed by atoms with Crippen LogP contribution in [0.3, 0.4) is 0 Å². The Hall–Kier alpha value is -2.10. The maximum absolute atomic E-state index is 4.39. The zero-order valence-electron chi connectivity index (χ0n) is 12.6. The van der Waals surface area contributed by atoms with Gasteiger partial charge in [-0.3, -0.25) is 0 Å². The highest BCUT2D eigenvalue weighted by atomic mass is 15.1. The van der Waals surface area contributed by atoms with E-state index in [1.807, 2.05) is 13.1 Å². The fraction of sp³-hybridized carbons (Fsp3) is 0.375. The van der Waals surface area contributed by atoms with Crippen molar-refractivity contribution in [3.05, 3.63) is 41.7 Å². The smallest absolute Gasteiger partial charge is 0.139 e. The summed E-state index contributed by atoms with van der Waals surface area (Å²) < 4.78 is 0. The fourth-order valence-electron chi connectivity index (χ4n) is 2.31. The van der Waals surface area contributed by atoms with Crippen molar-refractivity contribution in [3.63, 3.8) is 0 Å². The molecule has 0 saturated carbocycles. The molecule has 0 spiro atoms. The van der Waals surface area contributed by atoms with Gasteiger partial charge in [-0.05, 0) is 24.0 Å². The number of nitrogens with zero attached hydrogens (tertiary/aromatic N) is 2. The Morgan fingerprint density at radius 3 is 2.45 bits per heavy atom. The molecule has 0 amide bonds. The van der Waals surface area contributed by atoms with E-state index in [2.05, 4.69) is 59.6 Å². The molecule has 0 unspecified atom stereocenters. The van der Waals surface area contributed by atoms with Crippen LogP contribution in [0.1, 0.15) is 37.8 Å². The number of anilines is 3. The predicted octanol–water partition coefficient (Wildman–Crippen LogP) is 3.95. The maximum atomic E-state index is 4.39. The molecule has 0 aliphatic carbocycles. The van der Waals surface area contributed by atoms with Crippen molar-refractivity contribution in [2.45, 2.75) is 33.1 Å². The van der Waals surface area contributed by atoms with Crippen LogP contribution in [-0.2, 0) is 6.42 Å². The van der Waals surface area contributed by atoms with E-state index >= 15 is 0 Å². The van der Waals surface area contributed by atoms with Gasteiger partial charge in [-0.1, -0.05) is 39.0 Å². The van der Waals surface area contributed by atoms with Crippen LogP contribution in [0.5, 0.6) is 0 Å². The lowest BCUT2D eigenvalue weighted by atomic mass is 10.0. The van der Waals surface area contributed by atoms with E-state index in [1.54, 1.807) is 6.33 Å². The maximum Gasteiger partial charge on any atom is 0.139 e. The van der Waals surface area contributed by atoms with Crippen LogP contribution in [0.4, 0.5) is 17.3 Å². The number of para-hydroxylation sites is 1. The minimum Gasteiger partial charge on any atom is -0.373 e. The lowest BCUT2D eigenvalue weighted by Crippen LogP contribution is -2.06. The molecule has 2 aromatic rings. The largest absolute Gasteiger partial charge is 0.373 e. The summed E-state index contributed by atoms with van der Waals surface area (Å²) in [7, 11) is 1.88. The molecule has 0 radical (unpaired) electrons. The predicted molar refractivity (Wildman–Crippen MR) is 84.8 cm³/mol. The molecule has 2 rings (SSSR count). The van der Waals surface area contributed by atoms with E-state index in [1.165, 1.54) is 5.56 Å². The second-order valence-electron chi connectivity index (χ2n) is 5.02. The van der Waals surface area contributed by atoms with Gasteiger partial charge in [0.15, 0.2) is 0 Å². The Bertz CT molecular complexity index is 578. The third-order valence-electron chi connectivity index (χ3n) is 3.37. The van der Waals surface area contributed by atoms with Crippen molar-refractivity contribution in [2.24, 2.45) is 0 Å². The third kappa shape index (κ3) is 2.90. The number of nitrogens with one attached hydrogen (secondary N) is 2. The molecule has 4 nitrogen and oxygen atoms in total. The molecule has 0 fully saturated rings. The molecule has 2 N–H and O–H groups in total. The first-order valence-corrected chi connectivity index (χ1v) is 7.04. The Balaban J connectivity index is 2.40. The van der Waals surface area contributed by atoms with Gasteiger partial charge in [-0.25, -0.2) is 9.97 Å². The van der Waals surface area contributed by atoms with Gasteiger partial charge in [0.05, 0.1) is 0 Å². The molecule has 0 atom stereocenters. The summed E-state index contributed by atoms with van der Waals surface area (Å²) in [4.78, 5) is 8.66. The molecule has 0 saturated heterocycles. The average Bonchev–Trinajstić information content (AvgIpc) is 2.47. The normalized spacial score (nSPS) is 10.7. The molecular weight excluding hydrogens is 248 g/mol. The van der Waals surface area contributed by atoms with Gasteiger partial charge in [0.25, 0.3) is 0 Å². The summed E-state index contributed by atoms with van der Waals surface area (Å²) >= 11 is 0. The molecule has 0 bridgehead atoms. The topological polar surface area (TPSA) is 49.8 Å². The molecule has 1 aromatic heterocycles. The van der Waals surface area contributed by atoms with Gasteiger partial charge in [-0.15, -0.1) is 0 Å². The van der Waals surface area contributed by atoms with Gasteiger partial charge in [0, 0.05) is 18.3 Å². The molecule has 4 heteroatoms. The molecule has 106 valence electrons. The Kier molecular flexibility index (Phi) is 4.56. The van der Waals surface area contributed by atoms with Gasteiger partial charge < -0.3 is 10.6 Å². The van der Waals surface area contributed by atoms with Crippen molar-refractivity contribution >= 4 is 17.3 Å². The van der Waals surface area contributed by atoms with Gasteiger partial charge >= 0.3 is 0 Å². The first kappa shape index (κ1) is 14.3. The Labute approximate surface area is 120 Å². The second-order valence-corrected chi connectivity index (χ2v) is 5.02. The summed E-state index contributed by atoms with van der Waals surface area (Å²) in [6, 6.07) is 8.36. The Morgan fingerprint density at radius 2 is 1.80 bits per heavy atom. The third-order valence-corrected chi connectivity index (χ3v) is 3.37. The van der Waals surface area contributed by atoms with Crippen molar-refractivity contribution in [3.8, 4) is 0 Å². The van der Waals surface area contributed by atoms with E-state index in [-0.39, 0.29) is 0 Å². The number of hydrogen-bond donors (Lipinski definition) is 2. The highest BCUT2D eigenvalue weighted by Gasteiger charge is 2.11. The van der Waals surface area contributed by atoms with Crippen molar-refractivity contribution in [1.82, 2.24) is 9.97 Å². The van der Waals surface area contributed by atoms with Gasteiger partial charge in [0.2, 0.25) is 0 Å². The zero-order chi connectivity index (χ0) is 14.5. The number of aromatic nitrogens is 2. The first-order valence-electron chi connectivity index (χ1n) is 7.04. The van der Waals surface area contributed by atoms with Crippen LogP contribution in [0, 0.1) is 0 Å². The number of hydrogen-bond acceptors (Lipinski definition) is 4. The summed E-state index contributed by atoms with van der Waals surface area (Å²) in [6.07, 6.45) is 2.47. The van der Waals surface area contributed by atoms with Crippen LogP contribution in [0.25, 0.3) is 0 Å². The monoisotopic (exact) mass is 270 g/mol. The average molecular weight is 270 g/mol. The van der Waals surface area contributed by atoms with E-state index in [9.17, 15) is 0 Å². The van der Waals surface area contributed by atoms with E-state index < -0.39 is 0 Å². The van der Waals surface area contributed by atoms with Crippen LogP contribution in [0.2, 0.25) is 0 Å². The lowest BCUT2D eigenvalue weighted by molar-refractivity contribution is 0.868. The van der Waals surface area contributed by atoms with Crippen molar-refractivity contribution in [1.29, 1.82) is 0 Å². The molecule has 1 heterocycles. The molecule has 1 aromatic carbocycles. The number of rotatable bonds is 5. The molecular formula is C16H22N4. The summed E-state index contributed by atoms with van der Waals surface area (Å²) in [5.74, 6) is 2.22. The van der Waals surface area contributed by atoms with Gasteiger partial charge in [-0.2, -0.15) is 0 Å². The SMILES string of the molecule is CCc1c(NC)ncnc1Nc1ccccc1C(C)C. The fourth-order valence-corrected chi connectivity index (χ4v) is 2.31. The first-order chi connectivity index (χ1) is 9.67. The van der Waals surface area contributed by atoms with E-state index in [0.717, 1.165) is 29.3 Å². The van der Waals surface area contributed by atoms with E-state index in [4.69, 9.17) is 0 Å². The van der Waals surface area contributed by atoms with Crippen molar-refractivity contribution < 1.29 is 0 Å². The molecule has 20 heavy (non-hydrogen) atoms. The molecule has 0 aliphatic rings. The summed E-state index contributed by atoms with van der Waals surface area (Å²) in [5, 5.41) is 6.58. The van der Waals surface area contributed by atoms with Crippen molar-refractivity contribution in [2.75, 3.05) is 17.7 Å². The van der Waals surface area contributed by atoms with Gasteiger partial charge in [0.1, 0.15) is 18.0 Å². The zero-order valence-corrected chi connectivity index (χ0v) is 12.6. The molecule has 0 aliphatic heterocycles. The summed E-state index contributed by atoms with van der Waals surface area (Å²) in [6.45, 7) is 6.50. The van der Waals surface area contributed by atoms with Crippen LogP contribution < -0.4 is 10.6 Å². The quantitative estimate of drug-likeness (QED) is 0.863. The minimum absolute atomic E-state index is 0.467. The minimum atomic E-state index is 0.467. The lowest BCUT2D eigenvalue weighted by Gasteiger charge is -2.17. The van der Waals surface area contributed by atoms with E-state index in [0.29, 0.717) is 5.92 Å². The second kappa shape index (κ2) is 6.37. The number of benzene rings is 1.